The van der Waals surface area contributed by atoms with E-state index in [1.54, 1.807) is 11.1 Å². The summed E-state index contributed by atoms with van der Waals surface area (Å²) in [5, 5.41) is 32.2. The minimum Gasteiger partial charge on any atom is -0.396 e. The van der Waals surface area contributed by atoms with Crippen molar-refractivity contribution in [2.75, 3.05) is 6.61 Å². The minimum atomic E-state index is -0.645. The van der Waals surface area contributed by atoms with E-state index >= 15 is 0 Å². The molecule has 4 aliphatic rings. The number of aliphatic hydroxyl groups excluding tert-OH is 3. The summed E-state index contributed by atoms with van der Waals surface area (Å²) < 4.78 is 0. The lowest BCUT2D eigenvalue weighted by Gasteiger charge is -2.63. The molecular weight excluding hydrogens is 420 g/mol. The van der Waals surface area contributed by atoms with Crippen LogP contribution in [-0.2, 0) is 0 Å². The fourth-order valence-electron chi connectivity index (χ4n) is 9.70. The summed E-state index contributed by atoms with van der Waals surface area (Å²) in [4.78, 5) is 0. The molecule has 3 heteroatoms. The van der Waals surface area contributed by atoms with Crippen molar-refractivity contribution < 1.29 is 15.3 Å². The zero-order chi connectivity index (χ0) is 25.3. The SMILES string of the molecule is C=C(CC[C@@H](CO)[C@H]1CC[C@@]2(C)C3=C(CC[C@]12C)[C@@]1(C)C[C@H](O)[C@H](O)C(C)(C)[C@@H]1CC3)C(C)C. The zero-order valence-electron chi connectivity index (χ0n) is 23.1. The van der Waals surface area contributed by atoms with E-state index < -0.39 is 12.2 Å². The lowest BCUT2D eigenvalue weighted by molar-refractivity contribution is -0.158. The van der Waals surface area contributed by atoms with Crippen LogP contribution < -0.4 is 0 Å². The van der Waals surface area contributed by atoms with Crippen molar-refractivity contribution >= 4 is 0 Å². The molecule has 3 N–H and O–H groups in total. The van der Waals surface area contributed by atoms with E-state index in [9.17, 15) is 15.3 Å². The molecule has 0 aromatic carbocycles. The number of aliphatic hydroxyl groups is 3. The van der Waals surface area contributed by atoms with Gasteiger partial charge in [-0.3, -0.25) is 0 Å². The number of rotatable bonds is 6. The highest BCUT2D eigenvalue weighted by molar-refractivity contribution is 5.39. The van der Waals surface area contributed by atoms with Gasteiger partial charge in [0.2, 0.25) is 0 Å². The molecule has 0 amide bonds. The second kappa shape index (κ2) is 8.73. The van der Waals surface area contributed by atoms with Crippen LogP contribution in [0.15, 0.2) is 23.3 Å². The molecule has 194 valence electrons. The summed E-state index contributed by atoms with van der Waals surface area (Å²) in [5.74, 6) is 1.82. The molecule has 4 aliphatic carbocycles. The van der Waals surface area contributed by atoms with Crippen LogP contribution in [0.5, 0.6) is 0 Å². The molecule has 0 heterocycles. The van der Waals surface area contributed by atoms with E-state index in [1.807, 2.05) is 0 Å². The summed E-state index contributed by atoms with van der Waals surface area (Å²) in [6, 6.07) is 0. The first-order valence-electron chi connectivity index (χ1n) is 14.1. The van der Waals surface area contributed by atoms with Crippen LogP contribution in [0.4, 0.5) is 0 Å². The van der Waals surface area contributed by atoms with Crippen LogP contribution in [-0.4, -0.2) is 34.1 Å². The normalized spacial score (nSPS) is 44.4. The van der Waals surface area contributed by atoms with Gasteiger partial charge in [-0.25, -0.2) is 0 Å². The van der Waals surface area contributed by atoms with Crippen molar-refractivity contribution in [2.45, 2.75) is 118 Å². The topological polar surface area (TPSA) is 60.7 Å². The summed E-state index contributed by atoms with van der Waals surface area (Å²) in [6.07, 6.45) is 8.43. The molecule has 0 unspecified atom stereocenters. The molecule has 34 heavy (non-hydrogen) atoms. The van der Waals surface area contributed by atoms with Crippen LogP contribution in [0.1, 0.15) is 106 Å². The van der Waals surface area contributed by atoms with Crippen LogP contribution in [0.25, 0.3) is 0 Å². The van der Waals surface area contributed by atoms with Gasteiger partial charge in [-0.1, -0.05) is 71.8 Å². The Bertz CT molecular complexity index is 840. The van der Waals surface area contributed by atoms with Crippen molar-refractivity contribution in [3.05, 3.63) is 23.3 Å². The number of hydrogen-bond acceptors (Lipinski definition) is 3. The number of hydrogen-bond donors (Lipinski definition) is 3. The van der Waals surface area contributed by atoms with Gasteiger partial charge in [0.15, 0.2) is 0 Å². The van der Waals surface area contributed by atoms with Gasteiger partial charge in [-0.2, -0.15) is 0 Å². The molecule has 0 radical (unpaired) electrons. The van der Waals surface area contributed by atoms with E-state index in [4.69, 9.17) is 0 Å². The lowest BCUT2D eigenvalue weighted by atomic mass is 9.43. The molecule has 0 aliphatic heterocycles. The number of fused-ring (bicyclic) bond motifs is 4. The van der Waals surface area contributed by atoms with Gasteiger partial charge in [-0.05, 0) is 103 Å². The minimum absolute atomic E-state index is 0.0243. The predicted molar refractivity (Wildman–Crippen MR) is 140 cm³/mol. The van der Waals surface area contributed by atoms with E-state index in [2.05, 4.69) is 55.0 Å². The third-order valence-electron chi connectivity index (χ3n) is 12.2. The fourth-order valence-corrected chi connectivity index (χ4v) is 9.70. The van der Waals surface area contributed by atoms with Crippen LogP contribution >= 0.6 is 0 Å². The average molecular weight is 473 g/mol. The van der Waals surface area contributed by atoms with Crippen molar-refractivity contribution in [1.29, 1.82) is 0 Å². The van der Waals surface area contributed by atoms with Gasteiger partial charge < -0.3 is 15.3 Å². The number of allylic oxidation sites excluding steroid dienone is 3. The summed E-state index contributed by atoms with van der Waals surface area (Å²) >= 11 is 0. The lowest BCUT2D eigenvalue weighted by Crippen LogP contribution is -2.59. The second-order valence-electron chi connectivity index (χ2n) is 14.2. The second-order valence-corrected chi connectivity index (χ2v) is 14.2. The van der Waals surface area contributed by atoms with Gasteiger partial charge in [0, 0.05) is 6.61 Å². The Labute approximate surface area is 209 Å². The molecule has 3 nitrogen and oxygen atoms in total. The van der Waals surface area contributed by atoms with Crippen LogP contribution in [0.2, 0.25) is 0 Å². The third kappa shape index (κ3) is 3.62. The Hall–Kier alpha value is -0.640. The Kier molecular flexibility index (Phi) is 6.79. The van der Waals surface area contributed by atoms with E-state index in [0.717, 1.165) is 32.1 Å². The van der Waals surface area contributed by atoms with Gasteiger partial charge in [0.1, 0.15) is 0 Å². The third-order valence-corrected chi connectivity index (χ3v) is 12.2. The highest BCUT2D eigenvalue weighted by Crippen LogP contribution is 2.72. The van der Waals surface area contributed by atoms with Crippen molar-refractivity contribution in [2.24, 2.45) is 45.3 Å². The van der Waals surface area contributed by atoms with E-state index in [0.29, 0.717) is 30.1 Å². The van der Waals surface area contributed by atoms with E-state index in [-0.39, 0.29) is 28.3 Å². The largest absolute Gasteiger partial charge is 0.396 e. The molecule has 0 spiro atoms. The Morgan fingerprint density at radius 2 is 1.68 bits per heavy atom. The van der Waals surface area contributed by atoms with Gasteiger partial charge in [-0.15, -0.1) is 0 Å². The first-order chi connectivity index (χ1) is 15.7. The molecule has 8 atom stereocenters. The highest BCUT2D eigenvalue weighted by atomic mass is 16.3. The summed E-state index contributed by atoms with van der Waals surface area (Å²) in [6.45, 7) is 20.8. The first kappa shape index (κ1) is 26.4. The Morgan fingerprint density at radius 3 is 2.29 bits per heavy atom. The Balaban J connectivity index is 1.66. The predicted octanol–water partition coefficient (Wildman–Crippen LogP) is 6.67. The van der Waals surface area contributed by atoms with Gasteiger partial charge in [0.25, 0.3) is 0 Å². The molecule has 2 saturated carbocycles. The highest BCUT2D eigenvalue weighted by Gasteiger charge is 2.64. The molecular formula is C31H52O3. The standard InChI is InChI=1S/C31H52O3/c1-19(2)20(3)9-10-21(18-32)22-13-15-31(8)24-11-12-26-28(4,5)27(34)25(33)17-29(26,6)23(24)14-16-30(22,31)7/h19,21-22,25-27,32-34H,3,9-18H2,1-2,4-8H3/t21-,22+,25-,26-,27-,29+,30+,31-/m0/s1. The molecule has 0 aromatic rings. The average Bonchev–Trinajstić information content (AvgIpc) is 3.04. The van der Waals surface area contributed by atoms with E-state index in [1.165, 1.54) is 24.8 Å². The smallest absolute Gasteiger partial charge is 0.0853 e. The van der Waals surface area contributed by atoms with Gasteiger partial charge >= 0.3 is 0 Å². The van der Waals surface area contributed by atoms with Gasteiger partial charge in [0.05, 0.1) is 12.2 Å². The summed E-state index contributed by atoms with van der Waals surface area (Å²) in [5.41, 5.74) is 4.71. The van der Waals surface area contributed by atoms with Crippen molar-refractivity contribution in [3.63, 3.8) is 0 Å². The molecule has 2 fully saturated rings. The maximum Gasteiger partial charge on any atom is 0.0853 e. The van der Waals surface area contributed by atoms with Crippen molar-refractivity contribution in [3.8, 4) is 0 Å². The maximum atomic E-state index is 10.9. The zero-order valence-corrected chi connectivity index (χ0v) is 23.1. The monoisotopic (exact) mass is 472 g/mol. The quantitative estimate of drug-likeness (QED) is 0.378. The maximum absolute atomic E-state index is 10.9. The fraction of sp³-hybridized carbons (Fsp3) is 0.871. The molecule has 0 saturated heterocycles. The first-order valence-corrected chi connectivity index (χ1v) is 14.1. The Morgan fingerprint density at radius 1 is 1.00 bits per heavy atom. The van der Waals surface area contributed by atoms with Crippen molar-refractivity contribution in [1.82, 2.24) is 0 Å². The molecule has 0 aromatic heterocycles. The molecule has 4 rings (SSSR count). The molecule has 0 bridgehead atoms. The van der Waals surface area contributed by atoms with Crippen LogP contribution in [0, 0.1) is 45.3 Å². The van der Waals surface area contributed by atoms with Crippen LogP contribution in [0.3, 0.4) is 0 Å². The summed E-state index contributed by atoms with van der Waals surface area (Å²) in [7, 11) is 0.